The summed E-state index contributed by atoms with van der Waals surface area (Å²) in [6.07, 6.45) is 5.69. The molecule has 0 N–H and O–H groups in total. The SMILES string of the molecule is BrCC1CCCCN1c1ncc2ccccc2n1. The molecule has 1 aliphatic heterocycles. The molecule has 1 aliphatic rings. The number of anilines is 1. The van der Waals surface area contributed by atoms with Crippen molar-refractivity contribution in [1.29, 1.82) is 0 Å². The van der Waals surface area contributed by atoms with E-state index in [4.69, 9.17) is 4.98 Å². The molecule has 0 bridgehead atoms. The van der Waals surface area contributed by atoms with Gasteiger partial charge in [-0.25, -0.2) is 9.97 Å². The van der Waals surface area contributed by atoms with E-state index in [-0.39, 0.29) is 0 Å². The Morgan fingerprint density at radius 1 is 1.28 bits per heavy atom. The molecule has 18 heavy (non-hydrogen) atoms. The van der Waals surface area contributed by atoms with Crippen LogP contribution in [0.2, 0.25) is 0 Å². The van der Waals surface area contributed by atoms with Crippen molar-refractivity contribution in [3.8, 4) is 0 Å². The maximum absolute atomic E-state index is 4.69. The number of rotatable bonds is 2. The van der Waals surface area contributed by atoms with E-state index in [0.29, 0.717) is 6.04 Å². The maximum Gasteiger partial charge on any atom is 0.226 e. The number of para-hydroxylation sites is 1. The molecule has 1 unspecified atom stereocenters. The van der Waals surface area contributed by atoms with Gasteiger partial charge in [-0.05, 0) is 25.3 Å². The van der Waals surface area contributed by atoms with Crippen LogP contribution in [0.4, 0.5) is 5.95 Å². The molecule has 3 nitrogen and oxygen atoms in total. The number of hydrogen-bond donors (Lipinski definition) is 0. The highest BCUT2D eigenvalue weighted by Crippen LogP contribution is 2.24. The Bertz CT molecular complexity index is 543. The summed E-state index contributed by atoms with van der Waals surface area (Å²) in [4.78, 5) is 11.6. The lowest BCUT2D eigenvalue weighted by Crippen LogP contribution is -2.41. The highest BCUT2D eigenvalue weighted by Gasteiger charge is 2.23. The topological polar surface area (TPSA) is 29.0 Å². The summed E-state index contributed by atoms with van der Waals surface area (Å²) >= 11 is 3.60. The monoisotopic (exact) mass is 305 g/mol. The van der Waals surface area contributed by atoms with E-state index >= 15 is 0 Å². The number of fused-ring (bicyclic) bond motifs is 1. The summed E-state index contributed by atoms with van der Waals surface area (Å²) < 4.78 is 0. The Kier molecular flexibility index (Phi) is 3.46. The van der Waals surface area contributed by atoms with Gasteiger partial charge < -0.3 is 4.90 Å². The molecule has 1 aromatic heterocycles. The number of hydrogen-bond acceptors (Lipinski definition) is 3. The van der Waals surface area contributed by atoms with Crippen molar-refractivity contribution in [2.75, 3.05) is 16.8 Å². The average Bonchev–Trinajstić information content (AvgIpc) is 2.46. The maximum atomic E-state index is 4.69. The smallest absolute Gasteiger partial charge is 0.226 e. The number of halogens is 1. The highest BCUT2D eigenvalue weighted by atomic mass is 79.9. The Morgan fingerprint density at radius 2 is 2.17 bits per heavy atom. The van der Waals surface area contributed by atoms with Crippen LogP contribution in [-0.2, 0) is 0 Å². The molecule has 3 rings (SSSR count). The summed E-state index contributed by atoms with van der Waals surface area (Å²) in [7, 11) is 0. The predicted molar refractivity (Wildman–Crippen MR) is 78.3 cm³/mol. The Balaban J connectivity index is 1.97. The van der Waals surface area contributed by atoms with Crippen molar-refractivity contribution in [1.82, 2.24) is 9.97 Å². The van der Waals surface area contributed by atoms with Gasteiger partial charge in [0.05, 0.1) is 5.52 Å². The molecule has 1 aromatic carbocycles. The van der Waals surface area contributed by atoms with Crippen LogP contribution >= 0.6 is 15.9 Å². The first kappa shape index (κ1) is 11.9. The minimum Gasteiger partial charge on any atom is -0.337 e. The Morgan fingerprint density at radius 3 is 3.06 bits per heavy atom. The lowest BCUT2D eigenvalue weighted by molar-refractivity contribution is 0.484. The lowest BCUT2D eigenvalue weighted by atomic mass is 10.0. The molecule has 0 spiro atoms. The van der Waals surface area contributed by atoms with Gasteiger partial charge >= 0.3 is 0 Å². The first-order valence-electron chi connectivity index (χ1n) is 6.43. The van der Waals surface area contributed by atoms with Gasteiger partial charge in [-0.15, -0.1) is 0 Å². The standard InChI is InChI=1S/C14H16BrN3/c15-9-12-6-3-4-8-18(12)14-16-10-11-5-1-2-7-13(11)17-14/h1-2,5,7,10,12H,3-4,6,8-9H2. The molecule has 0 aliphatic carbocycles. The number of alkyl halides is 1. The fraction of sp³-hybridized carbons (Fsp3) is 0.429. The number of benzene rings is 1. The first-order chi connectivity index (χ1) is 8.88. The molecule has 0 amide bonds. The van der Waals surface area contributed by atoms with Crippen LogP contribution in [0.5, 0.6) is 0 Å². The van der Waals surface area contributed by atoms with Gasteiger partial charge in [-0.1, -0.05) is 34.1 Å². The van der Waals surface area contributed by atoms with E-state index < -0.39 is 0 Å². The van der Waals surface area contributed by atoms with Crippen molar-refractivity contribution in [2.24, 2.45) is 0 Å². The van der Waals surface area contributed by atoms with E-state index in [0.717, 1.165) is 28.7 Å². The predicted octanol–water partition coefficient (Wildman–Crippen LogP) is 3.38. The summed E-state index contributed by atoms with van der Waals surface area (Å²) in [5, 5.41) is 2.09. The van der Waals surface area contributed by atoms with Gasteiger partial charge in [0.1, 0.15) is 0 Å². The summed E-state index contributed by atoms with van der Waals surface area (Å²) in [6, 6.07) is 8.68. The molecule has 1 saturated heterocycles. The quantitative estimate of drug-likeness (QED) is 0.797. The second-order valence-electron chi connectivity index (χ2n) is 4.73. The van der Waals surface area contributed by atoms with Gasteiger partial charge in [-0.3, -0.25) is 0 Å². The number of aromatic nitrogens is 2. The summed E-state index contributed by atoms with van der Waals surface area (Å²) in [5.74, 6) is 0.873. The molecule has 0 saturated carbocycles. The van der Waals surface area contributed by atoms with Gasteiger partial charge in [0.2, 0.25) is 5.95 Å². The molecule has 0 radical (unpaired) electrons. The van der Waals surface area contributed by atoms with Gasteiger partial charge in [0.15, 0.2) is 0 Å². The van der Waals surface area contributed by atoms with E-state index in [2.05, 4.69) is 31.9 Å². The van der Waals surface area contributed by atoms with Gasteiger partial charge in [0, 0.05) is 29.5 Å². The largest absolute Gasteiger partial charge is 0.337 e. The second kappa shape index (κ2) is 5.22. The van der Waals surface area contributed by atoms with Crippen LogP contribution in [0, 0.1) is 0 Å². The fourth-order valence-electron chi connectivity index (χ4n) is 2.53. The zero-order chi connectivity index (χ0) is 12.4. The molecular weight excluding hydrogens is 290 g/mol. The fourth-order valence-corrected chi connectivity index (χ4v) is 3.20. The minimum atomic E-state index is 0.528. The van der Waals surface area contributed by atoms with Crippen LogP contribution in [0.25, 0.3) is 10.9 Å². The second-order valence-corrected chi connectivity index (χ2v) is 5.37. The third kappa shape index (κ3) is 2.21. The van der Waals surface area contributed by atoms with Crippen LogP contribution < -0.4 is 4.90 Å². The number of piperidine rings is 1. The Labute approximate surface area is 115 Å². The van der Waals surface area contributed by atoms with Crippen molar-refractivity contribution in [3.05, 3.63) is 30.5 Å². The van der Waals surface area contributed by atoms with Crippen molar-refractivity contribution >= 4 is 32.8 Å². The van der Waals surface area contributed by atoms with Gasteiger partial charge in [-0.2, -0.15) is 0 Å². The summed E-state index contributed by atoms with van der Waals surface area (Å²) in [5.41, 5.74) is 1.03. The molecule has 1 atom stereocenters. The van der Waals surface area contributed by atoms with Crippen molar-refractivity contribution in [2.45, 2.75) is 25.3 Å². The minimum absolute atomic E-state index is 0.528. The molecule has 2 heterocycles. The zero-order valence-electron chi connectivity index (χ0n) is 10.2. The molecule has 4 heteroatoms. The highest BCUT2D eigenvalue weighted by molar-refractivity contribution is 9.09. The zero-order valence-corrected chi connectivity index (χ0v) is 11.8. The van der Waals surface area contributed by atoms with Crippen LogP contribution in [-0.4, -0.2) is 27.9 Å². The van der Waals surface area contributed by atoms with E-state index in [1.807, 2.05) is 24.4 Å². The lowest BCUT2D eigenvalue weighted by Gasteiger charge is -2.34. The van der Waals surface area contributed by atoms with Crippen molar-refractivity contribution < 1.29 is 0 Å². The van der Waals surface area contributed by atoms with Crippen LogP contribution in [0.15, 0.2) is 30.5 Å². The van der Waals surface area contributed by atoms with Gasteiger partial charge in [0.25, 0.3) is 0 Å². The average molecular weight is 306 g/mol. The summed E-state index contributed by atoms with van der Waals surface area (Å²) in [6.45, 7) is 1.06. The van der Waals surface area contributed by atoms with E-state index in [1.54, 1.807) is 0 Å². The number of nitrogens with zero attached hydrogens (tertiary/aromatic N) is 3. The van der Waals surface area contributed by atoms with Crippen molar-refractivity contribution in [3.63, 3.8) is 0 Å². The Hall–Kier alpha value is -1.16. The molecule has 2 aromatic rings. The normalized spacial score (nSPS) is 20.3. The first-order valence-corrected chi connectivity index (χ1v) is 7.55. The van der Waals surface area contributed by atoms with Crippen LogP contribution in [0.1, 0.15) is 19.3 Å². The van der Waals surface area contributed by atoms with Crippen LogP contribution in [0.3, 0.4) is 0 Å². The molecule has 1 fully saturated rings. The molecular formula is C14H16BrN3. The third-order valence-corrected chi connectivity index (χ3v) is 4.29. The van der Waals surface area contributed by atoms with E-state index in [1.165, 1.54) is 19.3 Å². The molecule has 94 valence electrons. The van der Waals surface area contributed by atoms with E-state index in [9.17, 15) is 0 Å². The third-order valence-electron chi connectivity index (χ3n) is 3.54.